The fourth-order valence-corrected chi connectivity index (χ4v) is 1.75. The molecule has 0 aliphatic carbocycles. The number of carboxylic acid groups (broad SMARTS) is 1. The summed E-state index contributed by atoms with van der Waals surface area (Å²) >= 11 is 0. The van der Waals surface area contributed by atoms with E-state index in [-0.39, 0.29) is 22.8 Å². The molecule has 2 rings (SSSR count). The number of aromatic nitrogens is 4. The first kappa shape index (κ1) is 13.8. The van der Waals surface area contributed by atoms with Crippen LogP contribution in [0, 0.1) is 0 Å². The highest BCUT2D eigenvalue weighted by Gasteiger charge is 2.20. The molecule has 0 bridgehead atoms. The molecule has 0 atom stereocenters. The highest BCUT2D eigenvalue weighted by atomic mass is 16.4. The molecular weight excluding hydrogens is 262 g/mol. The van der Waals surface area contributed by atoms with Crippen LogP contribution in [0.2, 0.25) is 0 Å². The molecule has 2 aromatic heterocycles. The van der Waals surface area contributed by atoms with E-state index in [1.165, 1.54) is 17.0 Å². The quantitative estimate of drug-likeness (QED) is 0.824. The van der Waals surface area contributed by atoms with E-state index in [0.29, 0.717) is 0 Å². The van der Waals surface area contributed by atoms with Gasteiger partial charge in [0.05, 0.1) is 11.9 Å². The Bertz CT molecular complexity index is 723. The molecule has 0 radical (unpaired) electrons. The third kappa shape index (κ3) is 2.27. The number of nitrogen functional groups attached to an aromatic ring is 1. The van der Waals surface area contributed by atoms with E-state index in [0.717, 1.165) is 4.68 Å². The monoisotopic (exact) mass is 277 g/mol. The Kier molecular flexibility index (Phi) is 3.09. The Morgan fingerprint density at radius 2 is 2.05 bits per heavy atom. The first-order chi connectivity index (χ1) is 9.21. The number of hydrogen-bond donors (Lipinski definition) is 2. The lowest BCUT2D eigenvalue weighted by Crippen LogP contribution is -2.36. The summed E-state index contributed by atoms with van der Waals surface area (Å²) in [6, 6.07) is 0. The highest BCUT2D eigenvalue weighted by molar-refractivity contribution is 5.91. The molecule has 0 spiro atoms. The second-order valence-electron chi connectivity index (χ2n) is 5.28. The van der Waals surface area contributed by atoms with Gasteiger partial charge in [-0.1, -0.05) is 0 Å². The number of nitrogens with zero attached hydrogens (tertiary/aromatic N) is 4. The summed E-state index contributed by atoms with van der Waals surface area (Å²) in [6.45, 7) is 5.62. The second-order valence-corrected chi connectivity index (χ2v) is 5.28. The molecule has 2 aromatic rings. The molecule has 20 heavy (non-hydrogen) atoms. The Morgan fingerprint density at radius 1 is 1.40 bits per heavy atom. The van der Waals surface area contributed by atoms with Crippen molar-refractivity contribution >= 4 is 11.7 Å². The van der Waals surface area contributed by atoms with Crippen molar-refractivity contribution in [3.63, 3.8) is 0 Å². The summed E-state index contributed by atoms with van der Waals surface area (Å²) in [5.41, 5.74) is 4.42. The molecule has 0 unspecified atom stereocenters. The first-order valence-corrected chi connectivity index (χ1v) is 5.89. The van der Waals surface area contributed by atoms with Crippen molar-refractivity contribution in [3.8, 4) is 5.82 Å². The van der Waals surface area contributed by atoms with Crippen LogP contribution in [0.5, 0.6) is 0 Å². The Balaban J connectivity index is 2.63. The van der Waals surface area contributed by atoms with Crippen molar-refractivity contribution in [2.45, 2.75) is 26.3 Å². The maximum absolute atomic E-state index is 12.4. The second kappa shape index (κ2) is 4.48. The molecular formula is C12H15N5O3. The van der Waals surface area contributed by atoms with Gasteiger partial charge >= 0.3 is 5.97 Å². The molecule has 0 saturated heterocycles. The highest BCUT2D eigenvalue weighted by Crippen LogP contribution is 2.13. The van der Waals surface area contributed by atoms with Crippen LogP contribution >= 0.6 is 0 Å². The van der Waals surface area contributed by atoms with Gasteiger partial charge in [0.1, 0.15) is 0 Å². The van der Waals surface area contributed by atoms with E-state index in [2.05, 4.69) is 10.1 Å². The van der Waals surface area contributed by atoms with Crippen LogP contribution in [-0.2, 0) is 5.54 Å². The van der Waals surface area contributed by atoms with Crippen molar-refractivity contribution in [2.75, 3.05) is 5.73 Å². The van der Waals surface area contributed by atoms with Gasteiger partial charge in [0.25, 0.3) is 5.56 Å². The maximum atomic E-state index is 12.4. The topological polar surface area (TPSA) is 116 Å². The largest absolute Gasteiger partial charge is 0.476 e. The molecule has 0 aromatic carbocycles. The van der Waals surface area contributed by atoms with Crippen molar-refractivity contribution in [2.24, 2.45) is 0 Å². The van der Waals surface area contributed by atoms with Gasteiger partial charge in [0, 0.05) is 17.9 Å². The Morgan fingerprint density at radius 3 is 2.55 bits per heavy atom. The average Bonchev–Trinajstić information content (AvgIpc) is 2.70. The number of carbonyl (C=O) groups is 1. The van der Waals surface area contributed by atoms with E-state index in [1.807, 2.05) is 20.8 Å². The van der Waals surface area contributed by atoms with Crippen LogP contribution in [0.3, 0.4) is 0 Å². The van der Waals surface area contributed by atoms with Crippen LogP contribution in [0.1, 0.15) is 31.3 Å². The van der Waals surface area contributed by atoms with E-state index >= 15 is 0 Å². The Hall–Kier alpha value is -2.64. The molecule has 0 fully saturated rings. The summed E-state index contributed by atoms with van der Waals surface area (Å²) in [4.78, 5) is 27.2. The first-order valence-electron chi connectivity index (χ1n) is 5.89. The minimum absolute atomic E-state index is 0.00150. The zero-order valence-electron chi connectivity index (χ0n) is 11.4. The summed E-state index contributed by atoms with van der Waals surface area (Å²) in [5.74, 6) is -1.25. The van der Waals surface area contributed by atoms with Crippen molar-refractivity contribution in [3.05, 3.63) is 34.6 Å². The minimum Gasteiger partial charge on any atom is -0.476 e. The molecule has 8 nitrogen and oxygen atoms in total. The fraction of sp³-hybridized carbons (Fsp3) is 0.333. The van der Waals surface area contributed by atoms with E-state index in [4.69, 9.17) is 10.8 Å². The van der Waals surface area contributed by atoms with Gasteiger partial charge in [0.2, 0.25) is 5.82 Å². The zero-order chi connectivity index (χ0) is 15.1. The zero-order valence-corrected chi connectivity index (χ0v) is 11.4. The molecule has 3 N–H and O–H groups in total. The van der Waals surface area contributed by atoms with Gasteiger partial charge in [-0.05, 0) is 20.8 Å². The lowest BCUT2D eigenvalue weighted by molar-refractivity contribution is 0.0691. The van der Waals surface area contributed by atoms with Gasteiger partial charge in [-0.25, -0.2) is 14.5 Å². The smallest absolute Gasteiger partial charge is 0.358 e. The van der Waals surface area contributed by atoms with Gasteiger partial charge in [0.15, 0.2) is 5.69 Å². The van der Waals surface area contributed by atoms with E-state index < -0.39 is 11.5 Å². The Labute approximate surface area is 114 Å². The molecule has 0 aliphatic rings. The van der Waals surface area contributed by atoms with E-state index in [1.54, 1.807) is 6.20 Å². The number of hydrogen-bond acceptors (Lipinski definition) is 5. The predicted molar refractivity (Wildman–Crippen MR) is 72.0 cm³/mol. The predicted octanol–water partition coefficient (Wildman–Crippen LogP) is 0.464. The third-order valence-electron chi connectivity index (χ3n) is 2.71. The number of anilines is 1. The molecule has 0 aliphatic heterocycles. The summed E-state index contributed by atoms with van der Waals surface area (Å²) < 4.78 is 2.58. The number of aromatic carboxylic acids is 1. The summed E-state index contributed by atoms with van der Waals surface area (Å²) in [5, 5.41) is 12.7. The van der Waals surface area contributed by atoms with Crippen LogP contribution in [-0.4, -0.2) is 30.4 Å². The van der Waals surface area contributed by atoms with Crippen LogP contribution < -0.4 is 11.3 Å². The van der Waals surface area contributed by atoms with Crippen molar-refractivity contribution in [1.29, 1.82) is 0 Å². The lowest BCUT2D eigenvalue weighted by Gasteiger charge is -2.22. The molecule has 0 amide bonds. The SMILES string of the molecule is CC(C)(C)n1ccnc(-n2cc(N)c(C(=O)O)n2)c1=O. The maximum Gasteiger partial charge on any atom is 0.358 e. The minimum atomic E-state index is -1.26. The van der Waals surface area contributed by atoms with Gasteiger partial charge in [-0.3, -0.25) is 4.79 Å². The van der Waals surface area contributed by atoms with Crippen LogP contribution in [0.4, 0.5) is 5.69 Å². The van der Waals surface area contributed by atoms with Gasteiger partial charge in [-0.15, -0.1) is 0 Å². The standard InChI is InChI=1S/C12H15N5O3/c1-12(2,3)16-5-4-14-9(10(16)18)17-6-7(13)8(15-17)11(19)20/h4-6H,13H2,1-3H3,(H,19,20). The average molecular weight is 277 g/mol. The van der Waals surface area contributed by atoms with Crippen LogP contribution in [0.25, 0.3) is 5.82 Å². The van der Waals surface area contributed by atoms with Crippen molar-refractivity contribution < 1.29 is 9.90 Å². The normalized spacial score (nSPS) is 11.6. The summed E-state index contributed by atoms with van der Waals surface area (Å²) in [7, 11) is 0. The lowest BCUT2D eigenvalue weighted by atomic mass is 10.1. The van der Waals surface area contributed by atoms with Crippen molar-refractivity contribution in [1.82, 2.24) is 19.3 Å². The number of carboxylic acids is 1. The van der Waals surface area contributed by atoms with Gasteiger partial charge < -0.3 is 15.4 Å². The third-order valence-corrected chi connectivity index (χ3v) is 2.71. The molecule has 106 valence electrons. The fourth-order valence-electron chi connectivity index (χ4n) is 1.75. The molecule has 8 heteroatoms. The van der Waals surface area contributed by atoms with Crippen LogP contribution in [0.15, 0.2) is 23.4 Å². The number of nitrogens with two attached hydrogens (primary N) is 1. The van der Waals surface area contributed by atoms with Gasteiger partial charge in [-0.2, -0.15) is 5.10 Å². The molecule has 2 heterocycles. The van der Waals surface area contributed by atoms with E-state index in [9.17, 15) is 9.59 Å². The molecule has 0 saturated carbocycles. The number of rotatable bonds is 2. The summed E-state index contributed by atoms with van der Waals surface area (Å²) in [6.07, 6.45) is 4.29.